The maximum Gasteiger partial charge on any atom is 0.319 e. The average Bonchev–Trinajstić information content (AvgIpc) is 3.06. The molecule has 4 heterocycles. The number of aromatic amines is 1. The molecule has 0 amide bonds. The van der Waals surface area contributed by atoms with Gasteiger partial charge in [0, 0.05) is 47.6 Å². The number of aromatic nitrogens is 1. The van der Waals surface area contributed by atoms with E-state index in [1.54, 1.807) is 0 Å². The normalized spacial score (nSPS) is 36.5. The van der Waals surface area contributed by atoms with Gasteiger partial charge in [-0.1, -0.05) is 18.2 Å². The predicted octanol–water partition coefficient (Wildman–Crippen LogP) is 2.59. The summed E-state index contributed by atoms with van der Waals surface area (Å²) >= 11 is 0. The highest BCUT2D eigenvalue weighted by Crippen LogP contribution is 2.57. The van der Waals surface area contributed by atoms with Crippen molar-refractivity contribution in [3.8, 4) is 0 Å². The molecule has 7 atom stereocenters. The Morgan fingerprint density at radius 1 is 1.41 bits per heavy atom. The third kappa shape index (κ3) is 2.49. The second-order valence-electron chi connectivity index (χ2n) is 8.87. The Morgan fingerprint density at radius 2 is 2.21 bits per heavy atom. The van der Waals surface area contributed by atoms with Gasteiger partial charge in [-0.3, -0.25) is 9.69 Å². The number of ether oxygens (including phenoxy) is 2. The van der Waals surface area contributed by atoms with Crippen LogP contribution in [0.25, 0.3) is 10.9 Å². The van der Waals surface area contributed by atoms with Crippen LogP contribution in [0.3, 0.4) is 0 Å². The highest BCUT2D eigenvalue weighted by molar-refractivity contribution is 5.91. The summed E-state index contributed by atoms with van der Waals surface area (Å²) in [5, 5.41) is 11.9. The summed E-state index contributed by atoms with van der Waals surface area (Å²) in [6.07, 6.45) is 1.90. The molecule has 0 spiro atoms. The molecule has 0 radical (unpaired) electrons. The molecular formula is C23H30N2O4. The highest BCUT2D eigenvalue weighted by atomic mass is 16.5. The standard InChI is InChI=1S/C23H30N2O4/c1-4-29-21-14-11-17(13(2)26)20-23(12-14,22(27)28-3)19-16(9-10-25(20)21)15-7-5-6-8-18(15)24-19/h5-8,13-14,17,20-21,24,26H,4,9-12H2,1-3H3/t13-,14-,17-,20+,21?,23-/m1/s1. The van der Waals surface area contributed by atoms with Crippen LogP contribution in [0.15, 0.2) is 24.3 Å². The molecule has 6 nitrogen and oxygen atoms in total. The first-order valence-corrected chi connectivity index (χ1v) is 10.8. The number of H-pyrrole nitrogens is 1. The van der Waals surface area contributed by atoms with Crippen LogP contribution in [-0.2, 0) is 26.1 Å². The van der Waals surface area contributed by atoms with Crippen LogP contribution in [0.1, 0.15) is 37.9 Å². The van der Waals surface area contributed by atoms with Gasteiger partial charge in [0.25, 0.3) is 0 Å². The van der Waals surface area contributed by atoms with Gasteiger partial charge in [-0.15, -0.1) is 0 Å². The molecule has 2 saturated heterocycles. The summed E-state index contributed by atoms with van der Waals surface area (Å²) in [6.45, 7) is 5.33. The van der Waals surface area contributed by atoms with E-state index in [-0.39, 0.29) is 30.1 Å². The fraction of sp³-hybridized carbons (Fsp3) is 0.609. The van der Waals surface area contributed by atoms with Crippen LogP contribution in [-0.4, -0.2) is 59.6 Å². The molecule has 6 heteroatoms. The smallest absolute Gasteiger partial charge is 0.319 e. The third-order valence-corrected chi connectivity index (χ3v) is 7.54. The van der Waals surface area contributed by atoms with Gasteiger partial charge in [-0.25, -0.2) is 0 Å². The molecule has 1 aromatic carbocycles. The van der Waals surface area contributed by atoms with Gasteiger partial charge in [-0.05, 0) is 44.7 Å². The minimum absolute atomic E-state index is 0.00178. The molecule has 4 aliphatic rings. The van der Waals surface area contributed by atoms with Gasteiger partial charge in [-0.2, -0.15) is 0 Å². The Labute approximate surface area is 171 Å². The fourth-order valence-corrected chi connectivity index (χ4v) is 6.59. The topological polar surface area (TPSA) is 74.8 Å². The lowest BCUT2D eigenvalue weighted by atomic mass is 9.55. The van der Waals surface area contributed by atoms with Crippen molar-refractivity contribution in [1.82, 2.24) is 9.88 Å². The molecule has 3 fully saturated rings. The van der Waals surface area contributed by atoms with E-state index in [2.05, 4.69) is 22.0 Å². The molecular weight excluding hydrogens is 368 g/mol. The summed E-state index contributed by atoms with van der Waals surface area (Å²) in [5.74, 6) is -0.0227. The number of aliphatic hydroxyl groups is 1. The van der Waals surface area contributed by atoms with Crippen LogP contribution in [0.2, 0.25) is 0 Å². The van der Waals surface area contributed by atoms with Crippen molar-refractivity contribution in [3.05, 3.63) is 35.5 Å². The van der Waals surface area contributed by atoms with Crippen LogP contribution in [0, 0.1) is 11.8 Å². The number of para-hydroxylation sites is 1. The minimum atomic E-state index is -0.808. The van der Waals surface area contributed by atoms with Crippen molar-refractivity contribution in [3.63, 3.8) is 0 Å². The number of hydrogen-bond acceptors (Lipinski definition) is 5. The van der Waals surface area contributed by atoms with E-state index in [1.165, 1.54) is 18.1 Å². The number of nitrogens with one attached hydrogen (secondary N) is 1. The first-order valence-electron chi connectivity index (χ1n) is 10.8. The zero-order valence-corrected chi connectivity index (χ0v) is 17.4. The van der Waals surface area contributed by atoms with E-state index in [0.717, 1.165) is 30.6 Å². The van der Waals surface area contributed by atoms with Crippen LogP contribution < -0.4 is 0 Å². The third-order valence-electron chi connectivity index (χ3n) is 7.54. The maximum absolute atomic E-state index is 13.5. The lowest BCUT2D eigenvalue weighted by Gasteiger charge is -2.61. The SMILES string of the molecule is CCOC1[C@@H]2C[C@H]([C@@H](C)O)[C@@H]3N1CCc1c([nH]c4ccccc14)[C@]3(C(=O)OC)C2. The van der Waals surface area contributed by atoms with Gasteiger partial charge in [0.15, 0.2) is 0 Å². The van der Waals surface area contributed by atoms with Crippen molar-refractivity contribution >= 4 is 16.9 Å². The number of carbonyl (C=O) groups is 1. The number of aliphatic hydroxyl groups excluding tert-OH is 1. The Morgan fingerprint density at radius 3 is 2.93 bits per heavy atom. The first-order chi connectivity index (χ1) is 14.0. The molecule has 1 saturated carbocycles. The van der Waals surface area contributed by atoms with Gasteiger partial charge < -0.3 is 19.6 Å². The zero-order valence-electron chi connectivity index (χ0n) is 17.4. The van der Waals surface area contributed by atoms with E-state index in [1.807, 2.05) is 26.0 Å². The van der Waals surface area contributed by atoms with Crippen molar-refractivity contribution in [1.29, 1.82) is 0 Å². The number of piperidine rings is 2. The molecule has 3 aliphatic heterocycles. The van der Waals surface area contributed by atoms with Crippen molar-refractivity contribution in [2.75, 3.05) is 20.3 Å². The summed E-state index contributed by atoms with van der Waals surface area (Å²) in [4.78, 5) is 19.5. The summed E-state index contributed by atoms with van der Waals surface area (Å²) in [6, 6.07) is 8.12. The molecule has 1 aliphatic carbocycles. The molecule has 156 valence electrons. The second kappa shape index (κ2) is 6.83. The average molecular weight is 399 g/mol. The molecule has 2 N–H and O–H groups in total. The number of carbonyl (C=O) groups excluding carboxylic acids is 1. The summed E-state index contributed by atoms with van der Waals surface area (Å²) in [5.41, 5.74) is 2.45. The summed E-state index contributed by atoms with van der Waals surface area (Å²) < 4.78 is 11.6. The number of fused-ring (bicyclic) bond motifs is 4. The molecule has 2 aromatic rings. The number of benzene rings is 1. The van der Waals surface area contributed by atoms with E-state index < -0.39 is 11.5 Å². The van der Waals surface area contributed by atoms with Crippen LogP contribution >= 0.6 is 0 Å². The lowest BCUT2D eigenvalue weighted by Crippen LogP contribution is -2.72. The van der Waals surface area contributed by atoms with Crippen LogP contribution in [0.5, 0.6) is 0 Å². The zero-order chi connectivity index (χ0) is 20.3. The lowest BCUT2D eigenvalue weighted by molar-refractivity contribution is -0.220. The van der Waals surface area contributed by atoms with Crippen molar-refractivity contribution < 1.29 is 19.4 Å². The highest BCUT2D eigenvalue weighted by Gasteiger charge is 2.66. The number of hydrogen-bond donors (Lipinski definition) is 2. The first kappa shape index (κ1) is 19.1. The second-order valence-corrected chi connectivity index (χ2v) is 8.87. The van der Waals surface area contributed by atoms with Gasteiger partial charge in [0.05, 0.1) is 13.2 Å². The Bertz CT molecular complexity index is 938. The minimum Gasteiger partial charge on any atom is -0.468 e. The van der Waals surface area contributed by atoms with E-state index in [4.69, 9.17) is 9.47 Å². The molecule has 2 unspecified atom stereocenters. The Kier molecular flexibility index (Phi) is 4.49. The molecule has 4 bridgehead atoms. The largest absolute Gasteiger partial charge is 0.468 e. The van der Waals surface area contributed by atoms with Crippen molar-refractivity contribution in [2.45, 2.75) is 56.9 Å². The monoisotopic (exact) mass is 398 g/mol. The fourth-order valence-electron chi connectivity index (χ4n) is 6.59. The quantitative estimate of drug-likeness (QED) is 0.775. The number of rotatable bonds is 4. The predicted molar refractivity (Wildman–Crippen MR) is 109 cm³/mol. The number of methoxy groups -OCH3 is 1. The molecule has 29 heavy (non-hydrogen) atoms. The van der Waals surface area contributed by atoms with Gasteiger partial charge in [0.1, 0.15) is 11.6 Å². The van der Waals surface area contributed by atoms with E-state index in [9.17, 15) is 9.90 Å². The molecule has 6 rings (SSSR count). The number of esters is 1. The van der Waals surface area contributed by atoms with E-state index in [0.29, 0.717) is 13.0 Å². The maximum atomic E-state index is 13.5. The van der Waals surface area contributed by atoms with Gasteiger partial charge >= 0.3 is 5.97 Å². The Hall–Kier alpha value is -1.89. The number of nitrogens with zero attached hydrogens (tertiary/aromatic N) is 1. The summed E-state index contributed by atoms with van der Waals surface area (Å²) in [7, 11) is 1.48. The van der Waals surface area contributed by atoms with E-state index >= 15 is 0 Å². The Balaban J connectivity index is 1.77. The van der Waals surface area contributed by atoms with Crippen LogP contribution in [0.4, 0.5) is 0 Å². The van der Waals surface area contributed by atoms with Crippen molar-refractivity contribution in [2.24, 2.45) is 11.8 Å². The van der Waals surface area contributed by atoms with Gasteiger partial charge in [0.2, 0.25) is 0 Å². The molecule has 1 aromatic heterocycles.